The molecule has 1 N–H and O–H groups in total. The number of carbonyl (C=O) groups is 1. The van der Waals surface area contributed by atoms with Gasteiger partial charge in [-0.3, -0.25) is 4.79 Å². The number of carbonyl (C=O) groups excluding carboxylic acids is 1. The monoisotopic (exact) mass is 445 g/mol. The molecule has 2 saturated heterocycles. The van der Waals surface area contributed by atoms with E-state index in [-0.39, 0.29) is 30.7 Å². The van der Waals surface area contributed by atoms with Crippen LogP contribution in [0.25, 0.3) is 0 Å². The van der Waals surface area contributed by atoms with Crippen LogP contribution in [0.5, 0.6) is 0 Å². The Morgan fingerprint density at radius 2 is 1.96 bits per heavy atom. The number of rotatable bonds is 4. The molecule has 27 heavy (non-hydrogen) atoms. The van der Waals surface area contributed by atoms with Crippen LogP contribution in [-0.2, 0) is 5.75 Å². The second kappa shape index (κ2) is 10.1. The molecule has 0 saturated carbocycles. The first-order valence-electron chi connectivity index (χ1n) is 8.86. The van der Waals surface area contributed by atoms with E-state index in [1.54, 1.807) is 23.1 Å². The number of thioether (sulfide) groups is 1. The predicted molar refractivity (Wildman–Crippen MR) is 118 cm³/mol. The highest BCUT2D eigenvalue weighted by atomic mass is 35.5. The SMILES string of the molecule is Cc1nc(CSc2ccc(C(=O)N3CCC4CCC(C3)N4)cc2)cs1.Cl.Cl. The number of nitrogens with zero attached hydrogens (tertiary/aromatic N) is 2. The maximum absolute atomic E-state index is 12.8. The molecule has 0 aliphatic carbocycles. The van der Waals surface area contributed by atoms with Crippen molar-refractivity contribution in [2.24, 2.45) is 0 Å². The summed E-state index contributed by atoms with van der Waals surface area (Å²) in [4.78, 5) is 20.5. The predicted octanol–water partition coefficient (Wildman–Crippen LogP) is 4.55. The van der Waals surface area contributed by atoms with Gasteiger partial charge in [-0.05, 0) is 50.5 Å². The highest BCUT2D eigenvalue weighted by molar-refractivity contribution is 7.98. The molecule has 1 amide bonds. The van der Waals surface area contributed by atoms with Gasteiger partial charge in [-0.1, -0.05) is 0 Å². The van der Waals surface area contributed by atoms with Crippen LogP contribution in [0.1, 0.15) is 40.3 Å². The van der Waals surface area contributed by atoms with Crippen LogP contribution >= 0.6 is 47.9 Å². The minimum atomic E-state index is 0. The zero-order valence-corrected chi connectivity index (χ0v) is 18.5. The number of amides is 1. The lowest BCUT2D eigenvalue weighted by Gasteiger charge is -2.24. The number of halogens is 2. The Labute approximate surface area is 181 Å². The zero-order valence-electron chi connectivity index (χ0n) is 15.2. The number of aromatic nitrogens is 1. The van der Waals surface area contributed by atoms with Gasteiger partial charge in [0.2, 0.25) is 0 Å². The normalized spacial score (nSPS) is 21.1. The van der Waals surface area contributed by atoms with Gasteiger partial charge in [-0.15, -0.1) is 47.9 Å². The summed E-state index contributed by atoms with van der Waals surface area (Å²) in [5, 5.41) is 6.85. The highest BCUT2D eigenvalue weighted by Gasteiger charge is 2.31. The zero-order chi connectivity index (χ0) is 17.2. The Kier molecular flexibility index (Phi) is 8.43. The number of likely N-dealkylation sites (tertiary alicyclic amines) is 1. The van der Waals surface area contributed by atoms with Crippen LogP contribution in [0, 0.1) is 6.92 Å². The fourth-order valence-electron chi connectivity index (χ4n) is 3.64. The molecule has 2 atom stereocenters. The van der Waals surface area contributed by atoms with E-state index in [4.69, 9.17) is 0 Å². The lowest BCUT2D eigenvalue weighted by atomic mass is 10.1. The van der Waals surface area contributed by atoms with E-state index in [1.807, 2.05) is 24.0 Å². The Bertz CT molecular complexity index is 754. The highest BCUT2D eigenvalue weighted by Crippen LogP contribution is 2.25. The summed E-state index contributed by atoms with van der Waals surface area (Å²) >= 11 is 3.45. The minimum Gasteiger partial charge on any atom is -0.337 e. The average Bonchev–Trinajstić information content (AvgIpc) is 3.18. The third-order valence-corrected chi connectivity index (χ3v) is 6.83. The van der Waals surface area contributed by atoms with Gasteiger partial charge in [-0.25, -0.2) is 4.98 Å². The Morgan fingerprint density at radius 1 is 1.22 bits per heavy atom. The quantitative estimate of drug-likeness (QED) is 0.700. The second-order valence-electron chi connectivity index (χ2n) is 6.85. The number of benzene rings is 1. The van der Waals surface area contributed by atoms with Crippen molar-refractivity contribution >= 4 is 53.8 Å². The standard InChI is InChI=1S/C19H23N3OS2.2ClH/c1-13-20-17(11-24-13)12-25-18-6-2-14(3-7-18)19(23)22-9-8-15-4-5-16(10-22)21-15;;/h2-3,6-7,11,15-16,21H,4-5,8-10,12H2,1H3;2*1H. The molecule has 2 bridgehead atoms. The molecule has 2 aliphatic heterocycles. The lowest BCUT2D eigenvalue weighted by molar-refractivity contribution is 0.0748. The molecule has 0 spiro atoms. The van der Waals surface area contributed by atoms with Crippen LogP contribution in [-0.4, -0.2) is 41.0 Å². The van der Waals surface area contributed by atoms with E-state index < -0.39 is 0 Å². The third kappa shape index (κ3) is 5.61. The van der Waals surface area contributed by atoms with Gasteiger partial charge >= 0.3 is 0 Å². The van der Waals surface area contributed by atoms with Crippen molar-refractivity contribution in [2.45, 2.75) is 48.9 Å². The van der Waals surface area contributed by atoms with Crippen LogP contribution in [0.4, 0.5) is 0 Å². The number of hydrogen-bond donors (Lipinski definition) is 1. The number of aryl methyl sites for hydroxylation is 1. The fourth-order valence-corrected chi connectivity index (χ4v) is 5.14. The maximum atomic E-state index is 12.8. The summed E-state index contributed by atoms with van der Waals surface area (Å²) in [6, 6.07) is 9.13. The molecular formula is C19H25Cl2N3OS2. The smallest absolute Gasteiger partial charge is 0.253 e. The van der Waals surface area contributed by atoms with Gasteiger partial charge in [0, 0.05) is 46.8 Å². The van der Waals surface area contributed by atoms with E-state index >= 15 is 0 Å². The second-order valence-corrected chi connectivity index (χ2v) is 8.96. The van der Waals surface area contributed by atoms with Crippen LogP contribution < -0.4 is 5.32 Å². The van der Waals surface area contributed by atoms with Gasteiger partial charge in [-0.2, -0.15) is 0 Å². The van der Waals surface area contributed by atoms with Crippen molar-refractivity contribution in [3.05, 3.63) is 45.9 Å². The van der Waals surface area contributed by atoms with Gasteiger partial charge in [0.1, 0.15) is 0 Å². The van der Waals surface area contributed by atoms with E-state index in [9.17, 15) is 4.79 Å². The summed E-state index contributed by atoms with van der Waals surface area (Å²) in [6.07, 6.45) is 3.53. The molecule has 0 radical (unpaired) electrons. The largest absolute Gasteiger partial charge is 0.337 e. The first kappa shape index (κ1) is 22.5. The van der Waals surface area contributed by atoms with E-state index in [1.165, 1.54) is 17.7 Å². The van der Waals surface area contributed by atoms with Gasteiger partial charge in [0.05, 0.1) is 10.7 Å². The Balaban J connectivity index is 0.00000131. The molecule has 2 aliphatic rings. The number of hydrogen-bond acceptors (Lipinski definition) is 5. The summed E-state index contributed by atoms with van der Waals surface area (Å²) < 4.78 is 0. The molecule has 2 aromatic rings. The maximum Gasteiger partial charge on any atom is 0.253 e. The summed E-state index contributed by atoms with van der Waals surface area (Å²) in [5.41, 5.74) is 1.92. The van der Waals surface area contributed by atoms with Crippen molar-refractivity contribution in [2.75, 3.05) is 13.1 Å². The van der Waals surface area contributed by atoms with Crippen LogP contribution in [0.15, 0.2) is 34.5 Å². The Hall–Kier alpha value is -0.790. The van der Waals surface area contributed by atoms with E-state index in [2.05, 4.69) is 27.8 Å². The molecule has 2 fully saturated rings. The van der Waals surface area contributed by atoms with Gasteiger partial charge in [0.25, 0.3) is 5.91 Å². The lowest BCUT2D eigenvalue weighted by Crippen LogP contribution is -2.39. The first-order chi connectivity index (χ1) is 12.2. The molecule has 2 unspecified atom stereocenters. The molecular weight excluding hydrogens is 421 g/mol. The molecule has 1 aromatic heterocycles. The summed E-state index contributed by atoms with van der Waals surface area (Å²) in [6.45, 7) is 3.74. The van der Waals surface area contributed by atoms with Crippen LogP contribution in [0.3, 0.4) is 0 Å². The van der Waals surface area contributed by atoms with Gasteiger partial charge in [0.15, 0.2) is 0 Å². The third-order valence-electron chi connectivity index (χ3n) is 4.97. The molecule has 4 rings (SSSR count). The minimum absolute atomic E-state index is 0. The van der Waals surface area contributed by atoms with Crippen molar-refractivity contribution in [1.82, 2.24) is 15.2 Å². The topological polar surface area (TPSA) is 45.2 Å². The summed E-state index contributed by atoms with van der Waals surface area (Å²) in [7, 11) is 0. The van der Waals surface area contributed by atoms with Gasteiger partial charge < -0.3 is 10.2 Å². The summed E-state index contributed by atoms with van der Waals surface area (Å²) in [5.74, 6) is 1.04. The molecule has 1 aromatic carbocycles. The number of nitrogens with one attached hydrogen (secondary N) is 1. The fraction of sp³-hybridized carbons (Fsp3) is 0.474. The van der Waals surface area contributed by atoms with Crippen molar-refractivity contribution in [1.29, 1.82) is 0 Å². The van der Waals surface area contributed by atoms with Crippen molar-refractivity contribution < 1.29 is 4.79 Å². The van der Waals surface area contributed by atoms with E-state index in [0.29, 0.717) is 12.1 Å². The van der Waals surface area contributed by atoms with E-state index in [0.717, 1.165) is 41.5 Å². The molecule has 4 nitrogen and oxygen atoms in total. The molecule has 148 valence electrons. The number of fused-ring (bicyclic) bond motifs is 2. The first-order valence-corrected chi connectivity index (χ1v) is 10.7. The molecule has 8 heteroatoms. The molecule has 3 heterocycles. The van der Waals surface area contributed by atoms with Crippen LogP contribution in [0.2, 0.25) is 0 Å². The number of thiazole rings is 1. The van der Waals surface area contributed by atoms with Crippen molar-refractivity contribution in [3.8, 4) is 0 Å². The Morgan fingerprint density at radius 3 is 2.67 bits per heavy atom. The van der Waals surface area contributed by atoms with Crippen molar-refractivity contribution in [3.63, 3.8) is 0 Å². The average molecular weight is 446 g/mol.